The highest BCUT2D eigenvalue weighted by molar-refractivity contribution is 7.20. The first-order valence-electron chi connectivity index (χ1n) is 6.23. The van der Waals surface area contributed by atoms with Crippen molar-refractivity contribution in [1.82, 2.24) is 19.8 Å². The Bertz CT molecular complexity index is 871. The molecule has 1 aromatic carbocycles. The van der Waals surface area contributed by atoms with Crippen LogP contribution in [0.4, 0.5) is 5.13 Å². The lowest BCUT2D eigenvalue weighted by molar-refractivity contribution is 0.412. The van der Waals surface area contributed by atoms with Gasteiger partial charge in [0.05, 0.1) is 7.11 Å². The van der Waals surface area contributed by atoms with Gasteiger partial charge in [-0.05, 0) is 30.7 Å². The van der Waals surface area contributed by atoms with Crippen molar-refractivity contribution in [2.45, 2.75) is 6.92 Å². The molecule has 0 radical (unpaired) electrons. The molecule has 108 valence electrons. The molecular formula is C13H13N5O2S. The molecule has 3 rings (SSSR count). The summed E-state index contributed by atoms with van der Waals surface area (Å²) in [7, 11) is 3.35. The minimum Gasteiger partial charge on any atom is -0.496 e. The molecule has 0 fully saturated rings. The Hall–Kier alpha value is -2.48. The zero-order valence-electron chi connectivity index (χ0n) is 11.7. The second-order valence-electron chi connectivity index (χ2n) is 4.39. The van der Waals surface area contributed by atoms with Gasteiger partial charge in [0.25, 0.3) is 0 Å². The number of fused-ring (bicyclic) bond motifs is 1. The van der Waals surface area contributed by atoms with E-state index in [9.17, 15) is 4.79 Å². The van der Waals surface area contributed by atoms with E-state index in [1.165, 1.54) is 15.9 Å². The van der Waals surface area contributed by atoms with Gasteiger partial charge >= 0.3 is 5.56 Å². The van der Waals surface area contributed by atoms with E-state index < -0.39 is 0 Å². The molecule has 2 heterocycles. The third-order valence-corrected chi connectivity index (χ3v) is 3.99. The number of hydrogen-bond acceptors (Lipinski definition) is 7. The number of rotatable bonds is 3. The van der Waals surface area contributed by atoms with Gasteiger partial charge in [-0.1, -0.05) is 11.3 Å². The SMILES string of the molecule is CNc1nn2c(=O)c(-c3ccc(OC)c(C)c3)nnc2s1. The van der Waals surface area contributed by atoms with E-state index in [4.69, 9.17) is 4.74 Å². The molecule has 0 spiro atoms. The van der Waals surface area contributed by atoms with Crippen molar-refractivity contribution in [2.75, 3.05) is 19.5 Å². The smallest absolute Gasteiger partial charge is 0.302 e. The molecule has 2 aromatic heterocycles. The predicted octanol–water partition coefficient (Wildman–Crippen LogP) is 1.57. The van der Waals surface area contributed by atoms with E-state index in [0.29, 0.717) is 15.7 Å². The second-order valence-corrected chi connectivity index (χ2v) is 5.35. The van der Waals surface area contributed by atoms with Gasteiger partial charge in [0, 0.05) is 12.6 Å². The van der Waals surface area contributed by atoms with Gasteiger partial charge < -0.3 is 10.1 Å². The Morgan fingerprint density at radius 2 is 2.14 bits per heavy atom. The van der Waals surface area contributed by atoms with Crippen molar-refractivity contribution < 1.29 is 4.74 Å². The first-order chi connectivity index (χ1) is 10.1. The average Bonchev–Trinajstić information content (AvgIpc) is 2.92. The van der Waals surface area contributed by atoms with Gasteiger partial charge in [0.2, 0.25) is 10.1 Å². The maximum absolute atomic E-state index is 12.5. The standard InChI is InChI=1S/C13H13N5O2S/c1-7-6-8(4-5-9(7)20-3)10-11(19)18-13(16-15-10)21-12(14-2)17-18/h4-6H,1-3H3,(H,14,17). The summed E-state index contributed by atoms with van der Waals surface area (Å²) >= 11 is 1.27. The van der Waals surface area contributed by atoms with E-state index in [-0.39, 0.29) is 11.3 Å². The fourth-order valence-corrected chi connectivity index (χ4v) is 2.71. The molecule has 7 nitrogen and oxygen atoms in total. The molecule has 21 heavy (non-hydrogen) atoms. The molecule has 0 aliphatic carbocycles. The summed E-state index contributed by atoms with van der Waals surface area (Å²) in [5.74, 6) is 0.763. The van der Waals surface area contributed by atoms with Gasteiger partial charge in [-0.3, -0.25) is 4.79 Å². The Kier molecular flexibility index (Phi) is 3.30. The second kappa shape index (κ2) is 5.13. The van der Waals surface area contributed by atoms with Gasteiger partial charge in [0.1, 0.15) is 5.75 Å². The molecule has 0 atom stereocenters. The number of methoxy groups -OCH3 is 1. The summed E-state index contributed by atoms with van der Waals surface area (Å²) in [6.07, 6.45) is 0. The zero-order valence-corrected chi connectivity index (χ0v) is 12.6. The highest BCUT2D eigenvalue weighted by Crippen LogP contribution is 2.23. The number of ether oxygens (including phenoxy) is 1. The summed E-state index contributed by atoms with van der Waals surface area (Å²) in [6.45, 7) is 1.91. The van der Waals surface area contributed by atoms with Crippen LogP contribution in [0.1, 0.15) is 5.56 Å². The molecule has 1 N–H and O–H groups in total. The lowest BCUT2D eigenvalue weighted by Gasteiger charge is -2.06. The number of nitrogens with one attached hydrogen (secondary N) is 1. The highest BCUT2D eigenvalue weighted by atomic mass is 32.1. The van der Waals surface area contributed by atoms with Crippen LogP contribution in [0.25, 0.3) is 16.2 Å². The third kappa shape index (κ3) is 2.23. The number of nitrogens with zero attached hydrogens (tertiary/aromatic N) is 4. The number of hydrogen-bond donors (Lipinski definition) is 1. The van der Waals surface area contributed by atoms with Crippen LogP contribution in [-0.2, 0) is 0 Å². The Labute approximate surface area is 124 Å². The van der Waals surface area contributed by atoms with E-state index in [0.717, 1.165) is 11.3 Å². The van der Waals surface area contributed by atoms with Gasteiger partial charge in [-0.25, -0.2) is 0 Å². The Balaban J connectivity index is 2.18. The predicted molar refractivity (Wildman–Crippen MR) is 81.2 cm³/mol. The molecule has 0 aliphatic rings. The van der Waals surface area contributed by atoms with Gasteiger partial charge in [-0.2, -0.15) is 4.52 Å². The van der Waals surface area contributed by atoms with Crippen molar-refractivity contribution in [1.29, 1.82) is 0 Å². The van der Waals surface area contributed by atoms with E-state index in [2.05, 4.69) is 20.6 Å². The first-order valence-corrected chi connectivity index (χ1v) is 7.05. The normalized spacial score (nSPS) is 10.8. The zero-order chi connectivity index (χ0) is 15.0. The van der Waals surface area contributed by atoms with Crippen molar-refractivity contribution >= 4 is 21.4 Å². The van der Waals surface area contributed by atoms with Crippen molar-refractivity contribution in [3.8, 4) is 17.0 Å². The molecule has 0 saturated carbocycles. The topological polar surface area (TPSA) is 81.4 Å². The average molecular weight is 303 g/mol. The maximum Gasteiger partial charge on any atom is 0.302 e. The van der Waals surface area contributed by atoms with Gasteiger partial charge in [-0.15, -0.1) is 15.3 Å². The molecule has 0 amide bonds. The van der Waals surface area contributed by atoms with Crippen LogP contribution in [0, 0.1) is 6.92 Å². The minimum absolute atomic E-state index is 0.270. The summed E-state index contributed by atoms with van der Waals surface area (Å²) < 4.78 is 6.48. The highest BCUT2D eigenvalue weighted by Gasteiger charge is 2.14. The lowest BCUT2D eigenvalue weighted by Crippen LogP contribution is -2.19. The number of aromatic nitrogens is 4. The van der Waals surface area contributed by atoms with Crippen LogP contribution in [0.15, 0.2) is 23.0 Å². The van der Waals surface area contributed by atoms with Crippen LogP contribution in [0.2, 0.25) is 0 Å². The summed E-state index contributed by atoms with van der Waals surface area (Å²) in [5, 5.41) is 15.8. The molecule has 8 heteroatoms. The number of benzene rings is 1. The quantitative estimate of drug-likeness (QED) is 0.791. The van der Waals surface area contributed by atoms with Crippen molar-refractivity contribution in [3.63, 3.8) is 0 Å². The fourth-order valence-electron chi connectivity index (χ4n) is 2.02. The minimum atomic E-state index is -0.290. The molecule has 0 bridgehead atoms. The summed E-state index contributed by atoms with van der Waals surface area (Å²) in [5.41, 5.74) is 1.60. The molecule has 0 unspecified atom stereocenters. The first kappa shape index (κ1) is 13.5. The Morgan fingerprint density at radius 3 is 2.81 bits per heavy atom. The van der Waals surface area contributed by atoms with E-state index >= 15 is 0 Å². The third-order valence-electron chi connectivity index (χ3n) is 3.07. The van der Waals surface area contributed by atoms with Crippen molar-refractivity contribution in [2.24, 2.45) is 0 Å². The van der Waals surface area contributed by atoms with Crippen LogP contribution in [-0.4, -0.2) is 34.0 Å². The van der Waals surface area contributed by atoms with Crippen molar-refractivity contribution in [3.05, 3.63) is 34.1 Å². The number of aryl methyl sites for hydroxylation is 1. The van der Waals surface area contributed by atoms with Crippen LogP contribution in [0.5, 0.6) is 5.75 Å². The largest absolute Gasteiger partial charge is 0.496 e. The Morgan fingerprint density at radius 1 is 1.33 bits per heavy atom. The van der Waals surface area contributed by atoms with Crippen LogP contribution >= 0.6 is 11.3 Å². The molecule has 0 saturated heterocycles. The maximum atomic E-state index is 12.5. The van der Waals surface area contributed by atoms with Crippen LogP contribution < -0.4 is 15.6 Å². The monoisotopic (exact) mass is 303 g/mol. The van der Waals surface area contributed by atoms with E-state index in [1.54, 1.807) is 26.3 Å². The van der Waals surface area contributed by atoms with Crippen LogP contribution in [0.3, 0.4) is 0 Å². The molecule has 3 aromatic rings. The van der Waals surface area contributed by atoms with E-state index in [1.807, 2.05) is 13.0 Å². The summed E-state index contributed by atoms with van der Waals surface area (Å²) in [4.78, 5) is 12.9. The number of anilines is 1. The molecule has 0 aliphatic heterocycles. The fraction of sp³-hybridized carbons (Fsp3) is 0.231. The lowest BCUT2D eigenvalue weighted by atomic mass is 10.1. The molecular weight excluding hydrogens is 290 g/mol. The summed E-state index contributed by atoms with van der Waals surface area (Å²) in [6, 6.07) is 5.44. The van der Waals surface area contributed by atoms with Gasteiger partial charge in [0.15, 0.2) is 5.69 Å².